The number of nitrogens with zero attached hydrogens (tertiary/aromatic N) is 2. The molecule has 0 bridgehead atoms. The molecule has 0 spiro atoms. The number of unbranched alkanes of at least 4 members (excludes halogenated alkanes) is 1. The first-order valence-corrected chi connectivity index (χ1v) is 10.9. The maximum Gasteiger partial charge on any atom is 0.161 e. The standard InChI is InChI=1S/C25H32N4O2.CH4/c1-3-9-21(19-10-5-4-6-11-19)28-25-18-27-17-22(29-25)20-12-13-23(24(16-20)30-2)31-15-8-7-14-26;/h4-6,10-13,16-18,21H,3,7-9,14-15,26H2,1-2H3,(H,28,29);1H4. The van der Waals surface area contributed by atoms with Crippen molar-refractivity contribution in [3.63, 3.8) is 0 Å². The number of nitrogens with two attached hydrogens (primary N) is 1. The average molecular weight is 437 g/mol. The monoisotopic (exact) mass is 436 g/mol. The Morgan fingerprint density at radius 1 is 1.03 bits per heavy atom. The summed E-state index contributed by atoms with van der Waals surface area (Å²) in [5.74, 6) is 2.15. The van der Waals surface area contributed by atoms with Crippen LogP contribution >= 0.6 is 0 Å². The number of hydrogen-bond donors (Lipinski definition) is 2. The van der Waals surface area contributed by atoms with E-state index in [-0.39, 0.29) is 13.5 Å². The highest BCUT2D eigenvalue weighted by atomic mass is 16.5. The van der Waals surface area contributed by atoms with E-state index < -0.39 is 0 Å². The van der Waals surface area contributed by atoms with Crippen LogP contribution in [0.25, 0.3) is 11.3 Å². The molecule has 1 unspecified atom stereocenters. The van der Waals surface area contributed by atoms with E-state index in [1.165, 1.54) is 5.56 Å². The Bertz CT molecular complexity index is 934. The van der Waals surface area contributed by atoms with E-state index in [1.807, 2.05) is 24.3 Å². The lowest BCUT2D eigenvalue weighted by atomic mass is 10.0. The molecule has 32 heavy (non-hydrogen) atoms. The van der Waals surface area contributed by atoms with Gasteiger partial charge in [0.2, 0.25) is 0 Å². The molecule has 3 rings (SSSR count). The van der Waals surface area contributed by atoms with Crippen LogP contribution in [0.3, 0.4) is 0 Å². The van der Waals surface area contributed by atoms with Gasteiger partial charge in [0, 0.05) is 5.56 Å². The maximum atomic E-state index is 5.84. The van der Waals surface area contributed by atoms with Crippen LogP contribution in [0.1, 0.15) is 51.6 Å². The van der Waals surface area contributed by atoms with E-state index in [9.17, 15) is 0 Å². The van der Waals surface area contributed by atoms with Crippen molar-refractivity contribution in [2.24, 2.45) is 5.73 Å². The van der Waals surface area contributed by atoms with E-state index in [0.717, 1.165) is 48.5 Å². The second kappa shape index (κ2) is 13.3. The lowest BCUT2D eigenvalue weighted by Gasteiger charge is -2.19. The van der Waals surface area contributed by atoms with Crippen LogP contribution < -0.4 is 20.5 Å². The summed E-state index contributed by atoms with van der Waals surface area (Å²) in [7, 11) is 1.64. The molecule has 0 aliphatic rings. The molecule has 1 heterocycles. The summed E-state index contributed by atoms with van der Waals surface area (Å²) in [5.41, 5.74) is 8.49. The third-order valence-electron chi connectivity index (χ3n) is 5.05. The van der Waals surface area contributed by atoms with Gasteiger partial charge in [-0.1, -0.05) is 51.1 Å². The summed E-state index contributed by atoms with van der Waals surface area (Å²) in [4.78, 5) is 9.21. The fraction of sp³-hybridized carbons (Fsp3) is 0.385. The predicted octanol–water partition coefficient (Wildman–Crippen LogP) is 5.86. The zero-order valence-electron chi connectivity index (χ0n) is 18.4. The van der Waals surface area contributed by atoms with Crippen LogP contribution in [0.5, 0.6) is 11.5 Å². The van der Waals surface area contributed by atoms with Crippen molar-refractivity contribution in [3.8, 4) is 22.8 Å². The van der Waals surface area contributed by atoms with Crippen LogP contribution in [0.4, 0.5) is 5.82 Å². The number of anilines is 1. The van der Waals surface area contributed by atoms with Crippen LogP contribution in [0.15, 0.2) is 60.9 Å². The Balaban J connectivity index is 0.00000363. The molecule has 0 saturated carbocycles. The summed E-state index contributed by atoms with van der Waals surface area (Å²) in [6, 6.07) is 16.5. The van der Waals surface area contributed by atoms with Crippen LogP contribution in [0.2, 0.25) is 0 Å². The Morgan fingerprint density at radius 3 is 2.56 bits per heavy atom. The molecule has 172 valence electrons. The number of methoxy groups -OCH3 is 1. The molecule has 1 atom stereocenters. The largest absolute Gasteiger partial charge is 0.493 e. The SMILES string of the molecule is C.CCCC(Nc1cncc(-c2ccc(OCCCCN)c(OC)c2)n1)c1ccccc1. The second-order valence-corrected chi connectivity index (χ2v) is 7.40. The number of rotatable bonds is 12. The van der Waals surface area contributed by atoms with Gasteiger partial charge in [-0.3, -0.25) is 4.98 Å². The number of nitrogens with one attached hydrogen (secondary N) is 1. The normalized spacial score (nSPS) is 11.3. The van der Waals surface area contributed by atoms with Gasteiger partial charge < -0.3 is 20.5 Å². The van der Waals surface area contributed by atoms with Crippen molar-refractivity contribution >= 4 is 5.82 Å². The van der Waals surface area contributed by atoms with Gasteiger partial charge in [0.25, 0.3) is 0 Å². The Hall–Kier alpha value is -3.12. The van der Waals surface area contributed by atoms with Gasteiger partial charge in [0.1, 0.15) is 5.82 Å². The third-order valence-corrected chi connectivity index (χ3v) is 5.05. The van der Waals surface area contributed by atoms with Gasteiger partial charge >= 0.3 is 0 Å². The van der Waals surface area contributed by atoms with Gasteiger partial charge in [-0.2, -0.15) is 0 Å². The van der Waals surface area contributed by atoms with E-state index in [1.54, 1.807) is 19.5 Å². The lowest BCUT2D eigenvalue weighted by molar-refractivity contribution is 0.287. The topological polar surface area (TPSA) is 82.3 Å². The minimum absolute atomic E-state index is 0. The molecular weight excluding hydrogens is 400 g/mol. The molecule has 0 amide bonds. The highest BCUT2D eigenvalue weighted by Gasteiger charge is 2.13. The quantitative estimate of drug-likeness (QED) is 0.346. The smallest absolute Gasteiger partial charge is 0.161 e. The fourth-order valence-electron chi connectivity index (χ4n) is 3.42. The highest BCUT2D eigenvalue weighted by Crippen LogP contribution is 2.32. The molecule has 0 fully saturated rings. The van der Waals surface area contributed by atoms with Crippen molar-refractivity contribution in [2.75, 3.05) is 25.6 Å². The molecule has 2 aromatic carbocycles. The zero-order valence-corrected chi connectivity index (χ0v) is 18.4. The van der Waals surface area contributed by atoms with E-state index in [4.69, 9.17) is 20.2 Å². The van der Waals surface area contributed by atoms with Gasteiger partial charge in [-0.15, -0.1) is 0 Å². The van der Waals surface area contributed by atoms with E-state index in [2.05, 4.69) is 41.5 Å². The molecule has 6 nitrogen and oxygen atoms in total. The van der Waals surface area contributed by atoms with E-state index >= 15 is 0 Å². The minimum atomic E-state index is 0. The molecule has 3 aromatic rings. The second-order valence-electron chi connectivity index (χ2n) is 7.40. The van der Waals surface area contributed by atoms with Crippen LogP contribution in [-0.4, -0.2) is 30.2 Å². The molecule has 0 aliphatic carbocycles. The van der Waals surface area contributed by atoms with Crippen LogP contribution in [0, 0.1) is 0 Å². The summed E-state index contributed by atoms with van der Waals surface area (Å²) in [6.45, 7) is 3.47. The van der Waals surface area contributed by atoms with Crippen molar-refractivity contribution in [1.29, 1.82) is 0 Å². The van der Waals surface area contributed by atoms with Crippen molar-refractivity contribution in [3.05, 3.63) is 66.5 Å². The first-order chi connectivity index (χ1) is 15.2. The Kier molecular flexibility index (Phi) is 10.5. The molecule has 6 heteroatoms. The zero-order chi connectivity index (χ0) is 21.9. The first-order valence-electron chi connectivity index (χ1n) is 10.9. The maximum absolute atomic E-state index is 5.84. The highest BCUT2D eigenvalue weighted by molar-refractivity contribution is 5.64. The molecule has 0 aliphatic heterocycles. The van der Waals surface area contributed by atoms with E-state index in [0.29, 0.717) is 18.9 Å². The number of ether oxygens (including phenoxy) is 2. The number of benzene rings is 2. The minimum Gasteiger partial charge on any atom is -0.493 e. The molecule has 0 saturated heterocycles. The Labute approximate surface area is 192 Å². The summed E-state index contributed by atoms with van der Waals surface area (Å²) in [5, 5.41) is 3.55. The molecular formula is C26H36N4O2. The van der Waals surface area contributed by atoms with Gasteiger partial charge in [0.05, 0.1) is 37.8 Å². The van der Waals surface area contributed by atoms with Gasteiger partial charge in [-0.25, -0.2) is 4.98 Å². The molecule has 3 N–H and O–H groups in total. The summed E-state index contributed by atoms with van der Waals surface area (Å²) < 4.78 is 11.4. The first kappa shape index (κ1) is 25.1. The number of aromatic nitrogens is 2. The third kappa shape index (κ3) is 6.95. The fourth-order valence-corrected chi connectivity index (χ4v) is 3.42. The van der Waals surface area contributed by atoms with Crippen molar-refractivity contribution in [1.82, 2.24) is 9.97 Å². The van der Waals surface area contributed by atoms with Crippen molar-refractivity contribution < 1.29 is 9.47 Å². The van der Waals surface area contributed by atoms with Gasteiger partial charge in [-0.05, 0) is 49.6 Å². The Morgan fingerprint density at radius 2 is 1.84 bits per heavy atom. The lowest BCUT2D eigenvalue weighted by Crippen LogP contribution is -2.12. The summed E-state index contributed by atoms with van der Waals surface area (Å²) in [6.07, 6.45) is 7.47. The molecule has 1 aromatic heterocycles. The molecule has 0 radical (unpaired) electrons. The van der Waals surface area contributed by atoms with Crippen molar-refractivity contribution in [2.45, 2.75) is 46.1 Å². The van der Waals surface area contributed by atoms with Crippen LogP contribution in [-0.2, 0) is 0 Å². The predicted molar refractivity (Wildman–Crippen MR) is 132 cm³/mol. The number of hydrogen-bond acceptors (Lipinski definition) is 6. The average Bonchev–Trinajstić information content (AvgIpc) is 2.82. The summed E-state index contributed by atoms with van der Waals surface area (Å²) >= 11 is 0. The van der Waals surface area contributed by atoms with Gasteiger partial charge in [0.15, 0.2) is 11.5 Å².